The molecule has 1 amide bonds. The molecule has 4 aromatic rings. The second kappa shape index (κ2) is 7.48. The van der Waals surface area contributed by atoms with Gasteiger partial charge < -0.3 is 9.73 Å². The molecule has 0 spiro atoms. The Balaban J connectivity index is 1.58. The third kappa shape index (κ3) is 3.55. The van der Waals surface area contributed by atoms with Crippen molar-refractivity contribution < 1.29 is 13.6 Å². The van der Waals surface area contributed by atoms with Crippen molar-refractivity contribution in [2.75, 3.05) is 5.32 Å². The number of carbonyl (C=O) groups is 1. The third-order valence-electron chi connectivity index (χ3n) is 4.53. The molecule has 0 aliphatic carbocycles. The highest BCUT2D eigenvalue weighted by Gasteiger charge is 2.12. The summed E-state index contributed by atoms with van der Waals surface area (Å²) in [6.45, 7) is 2.03. The largest absolute Gasteiger partial charge is 0.472 e. The molecule has 4 nitrogen and oxygen atoms in total. The number of hydrogen-bond acceptors (Lipinski definition) is 3. The molecule has 0 aliphatic rings. The van der Waals surface area contributed by atoms with Crippen LogP contribution in [-0.4, -0.2) is 10.9 Å². The molecular weight excluding hydrogens is 355 g/mol. The molecule has 0 bridgehead atoms. The molecule has 2 aromatic heterocycles. The first-order valence-electron chi connectivity index (χ1n) is 8.77. The Morgan fingerprint density at radius 2 is 1.82 bits per heavy atom. The van der Waals surface area contributed by atoms with Gasteiger partial charge in [-0.2, -0.15) is 0 Å². The summed E-state index contributed by atoms with van der Waals surface area (Å²) in [7, 11) is 0. The fourth-order valence-corrected chi connectivity index (χ4v) is 3.00. The molecule has 5 heteroatoms. The van der Waals surface area contributed by atoms with Crippen LogP contribution < -0.4 is 5.32 Å². The van der Waals surface area contributed by atoms with Crippen LogP contribution in [0.2, 0.25) is 0 Å². The van der Waals surface area contributed by atoms with E-state index < -0.39 is 11.7 Å². The molecule has 0 fully saturated rings. The quantitative estimate of drug-likeness (QED) is 0.499. The molecule has 0 unspecified atom stereocenters. The zero-order chi connectivity index (χ0) is 19.5. The van der Waals surface area contributed by atoms with Crippen LogP contribution in [0.3, 0.4) is 0 Å². The van der Waals surface area contributed by atoms with Crippen molar-refractivity contribution in [1.29, 1.82) is 0 Å². The topological polar surface area (TPSA) is 55.1 Å². The molecule has 2 heterocycles. The number of furan rings is 1. The normalized spacial score (nSPS) is 10.6. The lowest BCUT2D eigenvalue weighted by molar-refractivity contribution is 0.102. The standard InChI is InChI=1S/C23H17FN2O2/c1-15-6-7-16(18-10-11-28-14-18)12-20(15)17-8-9-22(25-13-17)26-23(27)19-4-2-3-5-21(19)24/h2-14H,1H3,(H,25,26,27). The molecule has 0 radical (unpaired) electrons. The Labute approximate surface area is 161 Å². The molecule has 0 atom stereocenters. The van der Waals surface area contributed by atoms with Crippen molar-refractivity contribution in [3.63, 3.8) is 0 Å². The fraction of sp³-hybridized carbons (Fsp3) is 0.0435. The summed E-state index contributed by atoms with van der Waals surface area (Å²) in [6.07, 6.45) is 5.04. The number of carbonyl (C=O) groups excluding carboxylic acids is 1. The molecular formula is C23H17FN2O2. The van der Waals surface area contributed by atoms with Gasteiger partial charge in [-0.25, -0.2) is 9.37 Å². The smallest absolute Gasteiger partial charge is 0.259 e. The van der Waals surface area contributed by atoms with Gasteiger partial charge in [0.2, 0.25) is 0 Å². The monoisotopic (exact) mass is 372 g/mol. The first-order valence-corrected chi connectivity index (χ1v) is 8.77. The fourth-order valence-electron chi connectivity index (χ4n) is 3.00. The molecule has 2 aromatic carbocycles. The van der Waals surface area contributed by atoms with Gasteiger partial charge in [-0.3, -0.25) is 4.79 Å². The highest BCUT2D eigenvalue weighted by molar-refractivity contribution is 6.04. The second-order valence-electron chi connectivity index (χ2n) is 6.41. The van der Waals surface area contributed by atoms with Gasteiger partial charge in [0.05, 0.1) is 18.1 Å². The van der Waals surface area contributed by atoms with E-state index in [1.54, 1.807) is 36.9 Å². The van der Waals surface area contributed by atoms with E-state index in [0.717, 1.165) is 27.8 Å². The highest BCUT2D eigenvalue weighted by atomic mass is 19.1. The van der Waals surface area contributed by atoms with Gasteiger partial charge >= 0.3 is 0 Å². The number of rotatable bonds is 4. The van der Waals surface area contributed by atoms with Crippen LogP contribution in [0.15, 0.2) is 83.8 Å². The Morgan fingerprint density at radius 3 is 2.54 bits per heavy atom. The van der Waals surface area contributed by atoms with Crippen molar-refractivity contribution >= 4 is 11.7 Å². The summed E-state index contributed by atoms with van der Waals surface area (Å²) in [5.74, 6) is -0.736. The second-order valence-corrected chi connectivity index (χ2v) is 6.41. The first-order chi connectivity index (χ1) is 13.6. The molecule has 0 saturated carbocycles. The van der Waals surface area contributed by atoms with Crippen LogP contribution >= 0.6 is 0 Å². The van der Waals surface area contributed by atoms with E-state index in [9.17, 15) is 9.18 Å². The van der Waals surface area contributed by atoms with Crippen molar-refractivity contribution in [2.45, 2.75) is 6.92 Å². The Hall–Kier alpha value is -3.73. The van der Waals surface area contributed by atoms with E-state index in [4.69, 9.17) is 4.42 Å². The van der Waals surface area contributed by atoms with E-state index in [1.807, 2.05) is 31.2 Å². The van der Waals surface area contributed by atoms with E-state index in [1.165, 1.54) is 12.1 Å². The highest BCUT2D eigenvalue weighted by Crippen LogP contribution is 2.29. The zero-order valence-corrected chi connectivity index (χ0v) is 15.1. The number of benzene rings is 2. The molecule has 28 heavy (non-hydrogen) atoms. The van der Waals surface area contributed by atoms with E-state index in [0.29, 0.717) is 5.82 Å². The lowest BCUT2D eigenvalue weighted by atomic mass is 9.97. The summed E-state index contributed by atoms with van der Waals surface area (Å²) < 4.78 is 18.9. The maximum absolute atomic E-state index is 13.7. The number of nitrogens with zero attached hydrogens (tertiary/aromatic N) is 1. The summed E-state index contributed by atoms with van der Waals surface area (Å²) in [5, 5.41) is 2.62. The number of hydrogen-bond donors (Lipinski definition) is 1. The van der Waals surface area contributed by atoms with Gasteiger partial charge in [-0.05, 0) is 60.0 Å². The molecule has 0 aliphatic heterocycles. The average molecular weight is 372 g/mol. The first kappa shape index (κ1) is 17.7. The Bertz CT molecular complexity index is 1120. The number of aryl methyl sites for hydroxylation is 1. The average Bonchev–Trinajstić information content (AvgIpc) is 3.24. The van der Waals surface area contributed by atoms with Gasteiger partial charge in [0.25, 0.3) is 5.91 Å². The number of anilines is 1. The summed E-state index contributed by atoms with van der Waals surface area (Å²) in [4.78, 5) is 16.5. The van der Waals surface area contributed by atoms with E-state index in [2.05, 4.69) is 16.4 Å². The van der Waals surface area contributed by atoms with Crippen LogP contribution in [0.5, 0.6) is 0 Å². The Morgan fingerprint density at radius 1 is 1.00 bits per heavy atom. The number of amides is 1. The minimum atomic E-state index is -0.566. The maximum atomic E-state index is 13.7. The zero-order valence-electron chi connectivity index (χ0n) is 15.1. The van der Waals surface area contributed by atoms with Crippen LogP contribution in [0, 0.1) is 12.7 Å². The van der Waals surface area contributed by atoms with Crippen LogP contribution in [0.25, 0.3) is 22.3 Å². The number of nitrogens with one attached hydrogen (secondary N) is 1. The maximum Gasteiger partial charge on any atom is 0.259 e. The van der Waals surface area contributed by atoms with Crippen LogP contribution in [0.4, 0.5) is 10.2 Å². The lowest BCUT2D eigenvalue weighted by Gasteiger charge is -2.10. The molecule has 4 rings (SSSR count). The minimum Gasteiger partial charge on any atom is -0.472 e. The summed E-state index contributed by atoms with van der Waals surface area (Å²) in [5.41, 5.74) is 5.10. The third-order valence-corrected chi connectivity index (χ3v) is 4.53. The van der Waals surface area contributed by atoms with Gasteiger partial charge in [-0.15, -0.1) is 0 Å². The summed E-state index contributed by atoms with van der Waals surface area (Å²) >= 11 is 0. The van der Waals surface area contributed by atoms with Gasteiger partial charge in [0.15, 0.2) is 0 Å². The molecule has 0 saturated heterocycles. The van der Waals surface area contributed by atoms with Crippen molar-refractivity contribution in [3.05, 3.63) is 96.3 Å². The number of pyridine rings is 1. The number of halogens is 1. The van der Waals surface area contributed by atoms with Gasteiger partial charge in [0, 0.05) is 17.3 Å². The van der Waals surface area contributed by atoms with Crippen LogP contribution in [0.1, 0.15) is 15.9 Å². The van der Waals surface area contributed by atoms with Gasteiger partial charge in [-0.1, -0.05) is 24.3 Å². The lowest BCUT2D eigenvalue weighted by Crippen LogP contribution is -2.14. The van der Waals surface area contributed by atoms with Crippen LogP contribution in [-0.2, 0) is 0 Å². The van der Waals surface area contributed by atoms with Crippen molar-refractivity contribution in [3.8, 4) is 22.3 Å². The number of aromatic nitrogens is 1. The summed E-state index contributed by atoms with van der Waals surface area (Å²) in [6, 6.07) is 17.5. The molecule has 138 valence electrons. The SMILES string of the molecule is Cc1ccc(-c2ccoc2)cc1-c1ccc(NC(=O)c2ccccc2F)nc1. The van der Waals surface area contributed by atoms with Crippen molar-refractivity contribution in [2.24, 2.45) is 0 Å². The van der Waals surface area contributed by atoms with Gasteiger partial charge in [0.1, 0.15) is 11.6 Å². The van der Waals surface area contributed by atoms with E-state index in [-0.39, 0.29) is 5.56 Å². The predicted octanol–water partition coefficient (Wildman–Crippen LogP) is 5.71. The Kier molecular flexibility index (Phi) is 4.72. The minimum absolute atomic E-state index is 0.0166. The van der Waals surface area contributed by atoms with E-state index >= 15 is 0 Å². The molecule has 1 N–H and O–H groups in total. The predicted molar refractivity (Wildman–Crippen MR) is 106 cm³/mol. The van der Waals surface area contributed by atoms with Crippen molar-refractivity contribution in [1.82, 2.24) is 4.98 Å².